The van der Waals surface area contributed by atoms with Gasteiger partial charge in [0.05, 0.1) is 23.3 Å². The monoisotopic (exact) mass is 257 g/mol. The molecule has 0 aliphatic heterocycles. The van der Waals surface area contributed by atoms with E-state index in [0.717, 1.165) is 18.2 Å². The summed E-state index contributed by atoms with van der Waals surface area (Å²) in [6, 6.07) is 1.97. The normalized spacial score (nSPS) is 11.9. The van der Waals surface area contributed by atoms with Gasteiger partial charge in [-0.25, -0.2) is 4.39 Å². The molecule has 7 nitrogen and oxygen atoms in total. The van der Waals surface area contributed by atoms with E-state index >= 15 is 0 Å². The van der Waals surface area contributed by atoms with Crippen molar-refractivity contribution in [1.29, 1.82) is 0 Å². The average molecular weight is 257 g/mol. The van der Waals surface area contributed by atoms with E-state index in [1.807, 2.05) is 0 Å². The number of hydrogen-bond donors (Lipinski definition) is 2. The van der Waals surface area contributed by atoms with Gasteiger partial charge in [-0.05, 0) is 6.07 Å². The standard InChI is InChI=1S/C10H12FN3O4/c1-18-5-8(12)10(15)13-9-3-2-6(14(16)17)4-7(9)11/h2-4,8H,5,12H2,1H3,(H,13,15). The Morgan fingerprint density at radius 1 is 1.67 bits per heavy atom. The van der Waals surface area contributed by atoms with Crippen LogP contribution in [0.2, 0.25) is 0 Å². The molecule has 8 heteroatoms. The number of nitrogens with zero attached hydrogens (tertiary/aromatic N) is 1. The number of benzene rings is 1. The fraction of sp³-hybridized carbons (Fsp3) is 0.300. The number of non-ortho nitro benzene ring substituents is 1. The summed E-state index contributed by atoms with van der Waals surface area (Å²) in [5.74, 6) is -1.54. The van der Waals surface area contributed by atoms with Crippen LogP contribution in [0.1, 0.15) is 0 Å². The number of nitrogens with two attached hydrogens (primary N) is 1. The Morgan fingerprint density at radius 3 is 2.83 bits per heavy atom. The van der Waals surface area contributed by atoms with Gasteiger partial charge in [0.25, 0.3) is 5.69 Å². The molecule has 0 aromatic heterocycles. The van der Waals surface area contributed by atoms with Gasteiger partial charge in [0, 0.05) is 13.2 Å². The minimum Gasteiger partial charge on any atom is -0.383 e. The quantitative estimate of drug-likeness (QED) is 0.594. The third-order valence-electron chi connectivity index (χ3n) is 2.10. The van der Waals surface area contributed by atoms with Crippen molar-refractivity contribution in [2.75, 3.05) is 19.0 Å². The second-order valence-corrected chi connectivity index (χ2v) is 3.47. The number of rotatable bonds is 5. The molecule has 0 saturated heterocycles. The second-order valence-electron chi connectivity index (χ2n) is 3.47. The smallest absolute Gasteiger partial charge is 0.272 e. The molecule has 0 aliphatic rings. The van der Waals surface area contributed by atoms with Gasteiger partial charge in [0.15, 0.2) is 5.82 Å². The maximum absolute atomic E-state index is 13.4. The van der Waals surface area contributed by atoms with Crippen LogP contribution in [0, 0.1) is 15.9 Å². The first-order chi connectivity index (χ1) is 8.45. The highest BCUT2D eigenvalue weighted by Crippen LogP contribution is 2.20. The lowest BCUT2D eigenvalue weighted by atomic mass is 10.2. The summed E-state index contributed by atoms with van der Waals surface area (Å²) in [6.07, 6.45) is 0. The number of amides is 1. The summed E-state index contributed by atoms with van der Waals surface area (Å²) >= 11 is 0. The summed E-state index contributed by atoms with van der Waals surface area (Å²) < 4.78 is 18.1. The van der Waals surface area contributed by atoms with Crippen molar-refractivity contribution in [3.05, 3.63) is 34.1 Å². The number of halogens is 1. The highest BCUT2D eigenvalue weighted by atomic mass is 19.1. The summed E-state index contributed by atoms with van der Waals surface area (Å²) in [5.41, 5.74) is 4.87. The maximum Gasteiger partial charge on any atom is 0.272 e. The van der Waals surface area contributed by atoms with Crippen LogP contribution >= 0.6 is 0 Å². The fourth-order valence-corrected chi connectivity index (χ4v) is 1.20. The Labute approximate surface area is 102 Å². The largest absolute Gasteiger partial charge is 0.383 e. The minimum absolute atomic E-state index is 0.0135. The van der Waals surface area contributed by atoms with Crippen LogP contribution in [0.3, 0.4) is 0 Å². The first kappa shape index (κ1) is 14.0. The van der Waals surface area contributed by atoms with Crippen LogP contribution in [-0.4, -0.2) is 30.6 Å². The number of carbonyl (C=O) groups is 1. The molecule has 0 bridgehead atoms. The first-order valence-corrected chi connectivity index (χ1v) is 4.95. The molecule has 1 unspecified atom stereocenters. The summed E-state index contributed by atoms with van der Waals surface area (Å²) in [6.45, 7) is -0.0135. The number of ether oxygens (including phenoxy) is 1. The zero-order valence-corrected chi connectivity index (χ0v) is 9.55. The van der Waals surface area contributed by atoms with E-state index in [0.29, 0.717) is 0 Å². The van der Waals surface area contributed by atoms with E-state index < -0.39 is 28.4 Å². The third-order valence-corrected chi connectivity index (χ3v) is 2.10. The van der Waals surface area contributed by atoms with Gasteiger partial charge in [-0.15, -0.1) is 0 Å². The van der Waals surface area contributed by atoms with Gasteiger partial charge < -0.3 is 15.8 Å². The van der Waals surface area contributed by atoms with Crippen molar-refractivity contribution >= 4 is 17.3 Å². The number of hydrogen-bond acceptors (Lipinski definition) is 5. The van der Waals surface area contributed by atoms with Gasteiger partial charge in [-0.1, -0.05) is 0 Å². The van der Waals surface area contributed by atoms with E-state index in [1.165, 1.54) is 7.11 Å². The highest BCUT2D eigenvalue weighted by molar-refractivity contribution is 5.94. The number of nitro benzene ring substituents is 1. The lowest BCUT2D eigenvalue weighted by Crippen LogP contribution is -2.39. The molecule has 1 aromatic rings. The van der Waals surface area contributed by atoms with Crippen molar-refractivity contribution in [1.82, 2.24) is 0 Å². The molecule has 1 amide bonds. The molecule has 0 spiro atoms. The lowest BCUT2D eigenvalue weighted by molar-refractivity contribution is -0.385. The van der Waals surface area contributed by atoms with E-state index in [2.05, 4.69) is 10.1 Å². The van der Waals surface area contributed by atoms with Crippen molar-refractivity contribution in [3.63, 3.8) is 0 Å². The van der Waals surface area contributed by atoms with E-state index in [4.69, 9.17) is 5.73 Å². The van der Waals surface area contributed by atoms with Gasteiger partial charge >= 0.3 is 0 Å². The van der Waals surface area contributed by atoms with Gasteiger partial charge in [0.2, 0.25) is 5.91 Å². The van der Waals surface area contributed by atoms with Gasteiger partial charge in [-0.3, -0.25) is 14.9 Å². The van der Waals surface area contributed by atoms with Crippen LogP contribution in [0.5, 0.6) is 0 Å². The summed E-state index contributed by atoms with van der Waals surface area (Å²) in [4.78, 5) is 21.1. The molecule has 1 rings (SSSR count). The molecule has 0 aliphatic carbocycles. The zero-order valence-electron chi connectivity index (χ0n) is 9.55. The minimum atomic E-state index is -0.940. The Balaban J connectivity index is 2.79. The Hall–Kier alpha value is -2.06. The number of anilines is 1. The summed E-state index contributed by atoms with van der Waals surface area (Å²) in [7, 11) is 1.37. The zero-order chi connectivity index (χ0) is 13.7. The van der Waals surface area contributed by atoms with Crippen molar-refractivity contribution in [2.24, 2.45) is 5.73 Å². The lowest BCUT2D eigenvalue weighted by Gasteiger charge is -2.11. The third kappa shape index (κ3) is 3.47. The number of nitro groups is 1. The second kappa shape index (κ2) is 6.03. The molecular formula is C10H12FN3O4. The first-order valence-electron chi connectivity index (χ1n) is 4.95. The SMILES string of the molecule is COCC(N)C(=O)Nc1ccc([N+](=O)[O-])cc1F. The van der Waals surface area contributed by atoms with Gasteiger partial charge in [0.1, 0.15) is 6.04 Å². The Morgan fingerprint density at radius 2 is 2.33 bits per heavy atom. The molecule has 18 heavy (non-hydrogen) atoms. The van der Waals surface area contributed by atoms with E-state index in [-0.39, 0.29) is 12.3 Å². The predicted octanol–water partition coefficient (Wildman–Crippen LogP) is 0.646. The molecule has 0 fully saturated rings. The van der Waals surface area contributed by atoms with Crippen LogP contribution < -0.4 is 11.1 Å². The number of nitrogens with one attached hydrogen (secondary N) is 1. The van der Waals surface area contributed by atoms with Crippen molar-refractivity contribution in [2.45, 2.75) is 6.04 Å². The van der Waals surface area contributed by atoms with Crippen molar-refractivity contribution < 1.29 is 18.8 Å². The molecule has 0 saturated carbocycles. The highest BCUT2D eigenvalue weighted by Gasteiger charge is 2.16. The molecule has 1 atom stereocenters. The van der Waals surface area contributed by atoms with E-state index in [1.54, 1.807) is 0 Å². The molecule has 1 aromatic carbocycles. The molecular weight excluding hydrogens is 245 g/mol. The van der Waals surface area contributed by atoms with Crippen LogP contribution in [0.4, 0.5) is 15.8 Å². The number of methoxy groups -OCH3 is 1. The van der Waals surface area contributed by atoms with Crippen molar-refractivity contribution in [3.8, 4) is 0 Å². The molecule has 0 heterocycles. The molecule has 0 radical (unpaired) electrons. The fourth-order valence-electron chi connectivity index (χ4n) is 1.20. The van der Waals surface area contributed by atoms with Crippen LogP contribution in [-0.2, 0) is 9.53 Å². The molecule has 98 valence electrons. The summed E-state index contributed by atoms with van der Waals surface area (Å²) in [5, 5.41) is 12.6. The average Bonchev–Trinajstić information content (AvgIpc) is 2.31. The van der Waals surface area contributed by atoms with Crippen LogP contribution in [0.25, 0.3) is 0 Å². The number of carbonyl (C=O) groups excluding carboxylic acids is 1. The van der Waals surface area contributed by atoms with Gasteiger partial charge in [-0.2, -0.15) is 0 Å². The molecule has 3 N–H and O–H groups in total. The topological polar surface area (TPSA) is 107 Å². The Kier molecular flexibility index (Phi) is 4.69. The predicted molar refractivity (Wildman–Crippen MR) is 61.5 cm³/mol. The maximum atomic E-state index is 13.4. The Bertz CT molecular complexity index is 466. The van der Waals surface area contributed by atoms with Crippen LogP contribution in [0.15, 0.2) is 18.2 Å². The van der Waals surface area contributed by atoms with E-state index in [9.17, 15) is 19.3 Å².